The van der Waals surface area contributed by atoms with Crippen LogP contribution < -0.4 is 5.73 Å². The van der Waals surface area contributed by atoms with Gasteiger partial charge in [-0.05, 0) is 32.4 Å². The Morgan fingerprint density at radius 1 is 1.70 bits per heavy atom. The third kappa shape index (κ3) is 3.56. The second kappa shape index (κ2) is 4.39. The van der Waals surface area contributed by atoms with Gasteiger partial charge >= 0.3 is 0 Å². The normalized spacial score (nSPS) is 12.3. The third-order valence-corrected chi connectivity index (χ3v) is 1.22. The van der Waals surface area contributed by atoms with Gasteiger partial charge in [-0.3, -0.25) is 5.01 Å². The molecule has 0 saturated carbocycles. The molecule has 0 heterocycles. The summed E-state index contributed by atoms with van der Waals surface area (Å²) < 4.78 is 0. The highest BCUT2D eigenvalue weighted by atomic mass is 35.5. The van der Waals surface area contributed by atoms with Gasteiger partial charge in [-0.2, -0.15) is 0 Å². The number of hydrogen-bond acceptors (Lipinski definition) is 2. The Morgan fingerprint density at radius 3 is 2.30 bits per heavy atom. The summed E-state index contributed by atoms with van der Waals surface area (Å²) in [5.41, 5.74) is 5.18. The zero-order valence-electron chi connectivity index (χ0n) is 6.63. The van der Waals surface area contributed by atoms with Crippen LogP contribution in [0.3, 0.4) is 0 Å². The first kappa shape index (κ1) is 9.56. The Kier molecular flexibility index (Phi) is 4.19. The molecule has 0 rings (SSSR count). The first-order valence-corrected chi connectivity index (χ1v) is 3.72. The maximum atomic E-state index is 5.38. The van der Waals surface area contributed by atoms with E-state index in [2.05, 4.69) is 5.10 Å². The summed E-state index contributed by atoms with van der Waals surface area (Å²) in [6.45, 7) is 6.90. The molecule has 0 aliphatic rings. The highest BCUT2D eigenvalue weighted by Gasteiger charge is 2.02. The van der Waals surface area contributed by atoms with Crippen molar-refractivity contribution in [1.29, 1.82) is 0 Å². The summed E-state index contributed by atoms with van der Waals surface area (Å²) >= 11 is 5.38. The van der Waals surface area contributed by atoms with Gasteiger partial charge in [0.2, 0.25) is 5.29 Å². The minimum atomic E-state index is 0.0931. The fourth-order valence-electron chi connectivity index (χ4n) is 0.674. The number of halogens is 1. The Labute approximate surface area is 66.8 Å². The number of rotatable bonds is 3. The van der Waals surface area contributed by atoms with Crippen LogP contribution in [0.4, 0.5) is 0 Å². The van der Waals surface area contributed by atoms with Gasteiger partial charge in [0.05, 0.1) is 0 Å². The Balaban J connectivity index is 3.96. The molecule has 0 aromatic carbocycles. The average molecular weight is 164 g/mol. The molecule has 0 fully saturated rings. The predicted octanol–water partition coefficient (Wildman–Crippen LogP) is 1.19. The highest BCUT2D eigenvalue weighted by Crippen LogP contribution is 1.97. The standard InChI is InChI=1S/C6H14ClN3/c1-4-10(5(2)3)9-6(7)8/h5H,4H2,1-3H3,(H2,8,9). The minimum absolute atomic E-state index is 0.0931. The Hall–Kier alpha value is -0.440. The lowest BCUT2D eigenvalue weighted by atomic mass is 10.4. The molecule has 0 spiro atoms. The minimum Gasteiger partial charge on any atom is -0.373 e. The number of hydrogen-bond donors (Lipinski definition) is 1. The van der Waals surface area contributed by atoms with E-state index in [-0.39, 0.29) is 5.29 Å². The molecule has 0 aromatic rings. The molecule has 0 aromatic heterocycles. The van der Waals surface area contributed by atoms with Crippen molar-refractivity contribution >= 4 is 16.9 Å². The van der Waals surface area contributed by atoms with Gasteiger partial charge in [0, 0.05) is 12.6 Å². The summed E-state index contributed by atoms with van der Waals surface area (Å²) in [5.74, 6) is 0. The van der Waals surface area contributed by atoms with Crippen LogP contribution in [0.5, 0.6) is 0 Å². The van der Waals surface area contributed by atoms with Crippen molar-refractivity contribution in [2.24, 2.45) is 10.8 Å². The smallest absolute Gasteiger partial charge is 0.211 e. The lowest BCUT2D eigenvalue weighted by Gasteiger charge is -2.20. The van der Waals surface area contributed by atoms with E-state index < -0.39 is 0 Å². The molecule has 2 N–H and O–H groups in total. The van der Waals surface area contributed by atoms with Crippen LogP contribution in [-0.4, -0.2) is 22.9 Å². The molecule has 0 radical (unpaired) electrons. The maximum absolute atomic E-state index is 5.38. The fourth-order valence-corrected chi connectivity index (χ4v) is 0.771. The number of nitrogens with two attached hydrogens (primary N) is 1. The van der Waals surface area contributed by atoms with E-state index in [4.69, 9.17) is 17.3 Å². The molecule has 0 atom stereocenters. The van der Waals surface area contributed by atoms with Crippen LogP contribution in [0.25, 0.3) is 0 Å². The Bertz CT molecular complexity index is 118. The fraction of sp³-hybridized carbons (Fsp3) is 0.833. The summed E-state index contributed by atoms with van der Waals surface area (Å²) in [4.78, 5) is 0. The van der Waals surface area contributed by atoms with Gasteiger partial charge in [0.15, 0.2) is 0 Å². The van der Waals surface area contributed by atoms with Crippen LogP contribution in [0.1, 0.15) is 20.8 Å². The van der Waals surface area contributed by atoms with Crippen molar-refractivity contribution in [2.75, 3.05) is 6.54 Å². The van der Waals surface area contributed by atoms with Gasteiger partial charge in [-0.15, -0.1) is 5.10 Å². The number of hydrazone groups is 1. The van der Waals surface area contributed by atoms with Crippen LogP contribution in [-0.2, 0) is 0 Å². The van der Waals surface area contributed by atoms with Crippen LogP contribution in [0, 0.1) is 0 Å². The molecule has 0 aliphatic heterocycles. The van der Waals surface area contributed by atoms with Crippen molar-refractivity contribution in [3.8, 4) is 0 Å². The van der Waals surface area contributed by atoms with Crippen molar-refractivity contribution in [1.82, 2.24) is 5.01 Å². The SMILES string of the molecule is CCN(/N=C(\N)Cl)C(C)C. The van der Waals surface area contributed by atoms with Crippen molar-refractivity contribution < 1.29 is 0 Å². The summed E-state index contributed by atoms with van der Waals surface area (Å²) in [7, 11) is 0. The summed E-state index contributed by atoms with van der Waals surface area (Å²) in [6.07, 6.45) is 0. The Morgan fingerprint density at radius 2 is 2.20 bits per heavy atom. The van der Waals surface area contributed by atoms with E-state index in [9.17, 15) is 0 Å². The number of nitrogens with zero attached hydrogens (tertiary/aromatic N) is 2. The zero-order valence-corrected chi connectivity index (χ0v) is 7.39. The van der Waals surface area contributed by atoms with Crippen LogP contribution in [0.2, 0.25) is 0 Å². The molecule has 0 bridgehead atoms. The monoisotopic (exact) mass is 163 g/mol. The number of amidine groups is 1. The summed E-state index contributed by atoms with van der Waals surface area (Å²) in [5, 5.41) is 5.80. The van der Waals surface area contributed by atoms with Crippen molar-refractivity contribution in [3.63, 3.8) is 0 Å². The molecular formula is C6H14ClN3. The second-order valence-electron chi connectivity index (χ2n) is 2.27. The van der Waals surface area contributed by atoms with Crippen LogP contribution >= 0.6 is 11.6 Å². The molecule has 10 heavy (non-hydrogen) atoms. The van der Waals surface area contributed by atoms with Gasteiger partial charge in [0.25, 0.3) is 0 Å². The van der Waals surface area contributed by atoms with Gasteiger partial charge < -0.3 is 5.73 Å². The molecule has 3 nitrogen and oxygen atoms in total. The lowest BCUT2D eigenvalue weighted by Crippen LogP contribution is -2.27. The van der Waals surface area contributed by atoms with E-state index >= 15 is 0 Å². The highest BCUT2D eigenvalue weighted by molar-refractivity contribution is 6.64. The molecular weight excluding hydrogens is 150 g/mol. The van der Waals surface area contributed by atoms with E-state index in [0.29, 0.717) is 6.04 Å². The van der Waals surface area contributed by atoms with E-state index in [0.717, 1.165) is 6.54 Å². The zero-order chi connectivity index (χ0) is 8.15. The van der Waals surface area contributed by atoms with E-state index in [1.807, 2.05) is 25.8 Å². The van der Waals surface area contributed by atoms with Crippen LogP contribution in [0.15, 0.2) is 5.10 Å². The van der Waals surface area contributed by atoms with Crippen molar-refractivity contribution in [3.05, 3.63) is 0 Å². The van der Waals surface area contributed by atoms with E-state index in [1.54, 1.807) is 0 Å². The molecule has 0 saturated heterocycles. The molecule has 0 unspecified atom stereocenters. The first-order valence-electron chi connectivity index (χ1n) is 3.34. The van der Waals surface area contributed by atoms with Crippen molar-refractivity contribution in [2.45, 2.75) is 26.8 Å². The maximum Gasteiger partial charge on any atom is 0.211 e. The second-order valence-corrected chi connectivity index (χ2v) is 2.66. The van der Waals surface area contributed by atoms with Gasteiger partial charge in [-0.25, -0.2) is 0 Å². The van der Waals surface area contributed by atoms with Gasteiger partial charge in [-0.1, -0.05) is 0 Å². The first-order chi connectivity index (χ1) is 4.57. The topological polar surface area (TPSA) is 41.6 Å². The lowest BCUT2D eigenvalue weighted by molar-refractivity contribution is 0.246. The third-order valence-electron chi connectivity index (χ3n) is 1.14. The van der Waals surface area contributed by atoms with Gasteiger partial charge in [0.1, 0.15) is 0 Å². The molecule has 0 aliphatic carbocycles. The molecule has 60 valence electrons. The quantitative estimate of drug-likeness (QED) is 0.294. The van der Waals surface area contributed by atoms with E-state index in [1.165, 1.54) is 0 Å². The molecule has 0 amide bonds. The predicted molar refractivity (Wildman–Crippen MR) is 45.0 cm³/mol. The molecule has 4 heteroatoms. The summed E-state index contributed by atoms with van der Waals surface area (Å²) in [6, 6.07) is 0.349. The largest absolute Gasteiger partial charge is 0.373 e. The average Bonchev–Trinajstić information content (AvgIpc) is 1.81.